The van der Waals surface area contributed by atoms with E-state index in [1.165, 1.54) is 12.1 Å². The summed E-state index contributed by atoms with van der Waals surface area (Å²) in [5.41, 5.74) is 8.62. The fourth-order valence-electron chi connectivity index (χ4n) is 2.20. The number of rotatable bonds is 4. The van der Waals surface area contributed by atoms with Crippen molar-refractivity contribution < 1.29 is 8.78 Å². The Balaban J connectivity index is 2.06. The molecule has 0 bridgehead atoms. The third kappa shape index (κ3) is 4.02. The zero-order valence-electron chi connectivity index (χ0n) is 11.2. The summed E-state index contributed by atoms with van der Waals surface area (Å²) in [5.74, 6) is -1.17. The number of halogens is 3. The zero-order valence-corrected chi connectivity index (χ0v) is 11.9. The number of hydrogen-bond donors (Lipinski definition) is 1. The van der Waals surface area contributed by atoms with Gasteiger partial charge in [-0.2, -0.15) is 0 Å². The molecule has 2 N–H and O–H groups in total. The Morgan fingerprint density at radius 1 is 1.05 bits per heavy atom. The molecule has 0 fully saturated rings. The van der Waals surface area contributed by atoms with E-state index in [1.807, 2.05) is 25.1 Å². The first-order chi connectivity index (χ1) is 9.44. The van der Waals surface area contributed by atoms with Crippen LogP contribution in [0.25, 0.3) is 0 Å². The molecular formula is C16H16ClF2N. The highest BCUT2D eigenvalue weighted by Crippen LogP contribution is 2.20. The maximum absolute atomic E-state index is 13.1. The van der Waals surface area contributed by atoms with Crippen molar-refractivity contribution in [2.45, 2.75) is 25.8 Å². The monoisotopic (exact) mass is 295 g/mol. The number of nitrogens with two attached hydrogens (primary N) is 1. The zero-order chi connectivity index (χ0) is 14.7. The molecular weight excluding hydrogens is 280 g/mol. The lowest BCUT2D eigenvalue weighted by atomic mass is 9.99. The van der Waals surface area contributed by atoms with Crippen molar-refractivity contribution in [3.05, 3.63) is 69.7 Å². The van der Waals surface area contributed by atoms with Crippen LogP contribution < -0.4 is 5.73 Å². The van der Waals surface area contributed by atoms with Crippen LogP contribution in [0.15, 0.2) is 36.4 Å². The first-order valence-electron chi connectivity index (χ1n) is 6.39. The smallest absolute Gasteiger partial charge is 0.126 e. The molecule has 0 aliphatic carbocycles. The molecule has 0 saturated heterocycles. The molecule has 1 unspecified atom stereocenters. The van der Waals surface area contributed by atoms with Gasteiger partial charge in [0.25, 0.3) is 0 Å². The van der Waals surface area contributed by atoms with Crippen LogP contribution in [-0.2, 0) is 12.8 Å². The molecule has 2 aromatic carbocycles. The van der Waals surface area contributed by atoms with Crippen molar-refractivity contribution in [3.63, 3.8) is 0 Å². The second-order valence-electron chi connectivity index (χ2n) is 5.04. The molecule has 2 rings (SSSR count). The second-order valence-corrected chi connectivity index (χ2v) is 5.45. The van der Waals surface area contributed by atoms with Gasteiger partial charge in [-0.25, -0.2) is 8.78 Å². The summed E-state index contributed by atoms with van der Waals surface area (Å²) >= 11 is 6.15. The molecule has 0 aliphatic rings. The minimum absolute atomic E-state index is 0.239. The van der Waals surface area contributed by atoms with Crippen LogP contribution in [0, 0.1) is 18.6 Å². The minimum atomic E-state index is -0.583. The van der Waals surface area contributed by atoms with E-state index in [1.54, 1.807) is 0 Å². The summed E-state index contributed by atoms with van der Waals surface area (Å²) in [6.45, 7) is 1.96. The highest BCUT2D eigenvalue weighted by atomic mass is 35.5. The standard InChI is InChI=1S/C16H16ClF2N/c1-10-2-3-12(16(17)4-10)8-15(20)7-11-5-13(18)9-14(19)6-11/h2-6,9,15H,7-8,20H2,1H3. The van der Waals surface area contributed by atoms with E-state index in [-0.39, 0.29) is 6.04 Å². The SMILES string of the molecule is Cc1ccc(CC(N)Cc2cc(F)cc(F)c2)c(Cl)c1. The lowest BCUT2D eigenvalue weighted by Gasteiger charge is -2.13. The van der Waals surface area contributed by atoms with Gasteiger partial charge in [0.15, 0.2) is 0 Å². The van der Waals surface area contributed by atoms with Crippen LogP contribution in [0.2, 0.25) is 5.02 Å². The summed E-state index contributed by atoms with van der Waals surface area (Å²) in [7, 11) is 0. The summed E-state index contributed by atoms with van der Waals surface area (Å²) in [6, 6.07) is 9.01. The fraction of sp³-hybridized carbons (Fsp3) is 0.250. The van der Waals surface area contributed by atoms with Crippen LogP contribution in [0.4, 0.5) is 8.78 Å². The molecule has 1 nitrogen and oxygen atoms in total. The Morgan fingerprint density at radius 3 is 2.30 bits per heavy atom. The Kier molecular flexibility index (Phi) is 4.73. The molecule has 0 amide bonds. The van der Waals surface area contributed by atoms with E-state index in [0.29, 0.717) is 23.4 Å². The van der Waals surface area contributed by atoms with Crippen molar-refractivity contribution in [2.24, 2.45) is 5.73 Å². The van der Waals surface area contributed by atoms with Crippen molar-refractivity contribution in [1.29, 1.82) is 0 Å². The highest BCUT2D eigenvalue weighted by Gasteiger charge is 2.10. The predicted octanol–water partition coefficient (Wildman–Crippen LogP) is 4.04. The van der Waals surface area contributed by atoms with Gasteiger partial charge >= 0.3 is 0 Å². The van der Waals surface area contributed by atoms with Gasteiger partial charge in [0.1, 0.15) is 11.6 Å². The number of aryl methyl sites for hydroxylation is 1. The van der Waals surface area contributed by atoms with Gasteiger partial charge < -0.3 is 5.73 Å². The van der Waals surface area contributed by atoms with Crippen molar-refractivity contribution >= 4 is 11.6 Å². The summed E-state index contributed by atoms with van der Waals surface area (Å²) < 4.78 is 26.2. The van der Waals surface area contributed by atoms with E-state index in [0.717, 1.165) is 17.2 Å². The van der Waals surface area contributed by atoms with Gasteiger partial charge in [0.2, 0.25) is 0 Å². The minimum Gasteiger partial charge on any atom is -0.327 e. The van der Waals surface area contributed by atoms with Crippen LogP contribution >= 0.6 is 11.6 Å². The largest absolute Gasteiger partial charge is 0.327 e. The Bertz CT molecular complexity index is 593. The van der Waals surface area contributed by atoms with Gasteiger partial charge in [-0.1, -0.05) is 23.7 Å². The number of benzene rings is 2. The van der Waals surface area contributed by atoms with E-state index >= 15 is 0 Å². The third-order valence-electron chi connectivity index (χ3n) is 3.11. The average Bonchev–Trinajstić information content (AvgIpc) is 2.31. The molecule has 0 saturated carbocycles. The topological polar surface area (TPSA) is 26.0 Å². The normalized spacial score (nSPS) is 12.4. The molecule has 1 atom stereocenters. The maximum atomic E-state index is 13.1. The van der Waals surface area contributed by atoms with Gasteiger partial charge in [0, 0.05) is 17.1 Å². The van der Waals surface area contributed by atoms with Crippen molar-refractivity contribution in [1.82, 2.24) is 0 Å². The molecule has 0 aliphatic heterocycles. The highest BCUT2D eigenvalue weighted by molar-refractivity contribution is 6.31. The molecule has 4 heteroatoms. The quantitative estimate of drug-likeness (QED) is 0.905. The Morgan fingerprint density at radius 2 is 1.70 bits per heavy atom. The van der Waals surface area contributed by atoms with E-state index in [2.05, 4.69) is 0 Å². The van der Waals surface area contributed by atoms with Crippen LogP contribution in [0.5, 0.6) is 0 Å². The Hall–Kier alpha value is -1.45. The van der Waals surface area contributed by atoms with Crippen molar-refractivity contribution in [3.8, 4) is 0 Å². The van der Waals surface area contributed by atoms with Crippen LogP contribution in [-0.4, -0.2) is 6.04 Å². The van der Waals surface area contributed by atoms with Gasteiger partial charge in [0.05, 0.1) is 0 Å². The predicted molar refractivity (Wildman–Crippen MR) is 77.9 cm³/mol. The lowest BCUT2D eigenvalue weighted by Crippen LogP contribution is -2.25. The first kappa shape index (κ1) is 14.9. The van der Waals surface area contributed by atoms with Crippen molar-refractivity contribution in [2.75, 3.05) is 0 Å². The van der Waals surface area contributed by atoms with Crippen LogP contribution in [0.1, 0.15) is 16.7 Å². The molecule has 0 radical (unpaired) electrons. The molecule has 2 aromatic rings. The molecule has 0 spiro atoms. The summed E-state index contributed by atoms with van der Waals surface area (Å²) in [4.78, 5) is 0. The number of hydrogen-bond acceptors (Lipinski definition) is 1. The lowest BCUT2D eigenvalue weighted by molar-refractivity contribution is 0.574. The van der Waals surface area contributed by atoms with Gasteiger partial charge in [-0.05, 0) is 54.7 Å². The summed E-state index contributed by atoms with van der Waals surface area (Å²) in [5, 5.41) is 0.672. The van der Waals surface area contributed by atoms with E-state index in [9.17, 15) is 8.78 Å². The first-order valence-corrected chi connectivity index (χ1v) is 6.77. The van der Waals surface area contributed by atoms with E-state index in [4.69, 9.17) is 17.3 Å². The molecule has 106 valence electrons. The fourth-order valence-corrected chi connectivity index (χ4v) is 2.52. The molecule has 0 heterocycles. The Labute approximate surface area is 122 Å². The van der Waals surface area contributed by atoms with E-state index < -0.39 is 11.6 Å². The average molecular weight is 296 g/mol. The summed E-state index contributed by atoms with van der Waals surface area (Å²) in [6.07, 6.45) is 0.968. The van der Waals surface area contributed by atoms with Gasteiger partial charge in [-0.15, -0.1) is 0 Å². The third-order valence-corrected chi connectivity index (χ3v) is 3.46. The van der Waals surface area contributed by atoms with Crippen LogP contribution in [0.3, 0.4) is 0 Å². The second kappa shape index (κ2) is 6.33. The molecule has 0 aromatic heterocycles. The van der Waals surface area contributed by atoms with Gasteiger partial charge in [-0.3, -0.25) is 0 Å². The molecule has 20 heavy (non-hydrogen) atoms. The maximum Gasteiger partial charge on any atom is 0.126 e.